The fraction of sp³-hybridized carbons (Fsp3) is 0.417. The number of nitrogens with zero attached hydrogens (tertiary/aromatic N) is 2. The Kier molecular flexibility index (Phi) is 9.73. The van der Waals surface area contributed by atoms with Crippen LogP contribution < -0.4 is 9.62 Å². The highest BCUT2D eigenvalue weighted by atomic mass is 35.5. The Morgan fingerprint density at radius 3 is 2.18 bits per heavy atom. The molecule has 0 saturated carbocycles. The average Bonchev–Trinajstić information content (AvgIpc) is 2.78. The number of rotatable bonds is 11. The summed E-state index contributed by atoms with van der Waals surface area (Å²) in [6, 6.07) is 15.0. The van der Waals surface area contributed by atoms with Crippen LogP contribution >= 0.6 is 11.6 Å². The van der Waals surface area contributed by atoms with Crippen LogP contribution in [0.1, 0.15) is 32.8 Å². The number of benzene rings is 2. The van der Waals surface area contributed by atoms with Crippen molar-refractivity contribution in [2.75, 3.05) is 23.7 Å². The third-order valence-electron chi connectivity index (χ3n) is 5.45. The van der Waals surface area contributed by atoms with Crippen molar-refractivity contribution in [1.29, 1.82) is 0 Å². The molecule has 0 aliphatic carbocycles. The molecule has 2 amide bonds. The largest absolute Gasteiger partial charge is 0.352 e. The van der Waals surface area contributed by atoms with Gasteiger partial charge < -0.3 is 10.2 Å². The number of amides is 2. The first-order valence-corrected chi connectivity index (χ1v) is 13.1. The van der Waals surface area contributed by atoms with E-state index in [1.165, 1.54) is 4.90 Å². The van der Waals surface area contributed by atoms with Crippen molar-refractivity contribution in [3.63, 3.8) is 0 Å². The van der Waals surface area contributed by atoms with Crippen LogP contribution in [-0.4, -0.2) is 56.6 Å². The van der Waals surface area contributed by atoms with Gasteiger partial charge in [0.2, 0.25) is 21.8 Å². The summed E-state index contributed by atoms with van der Waals surface area (Å²) in [6.07, 6.45) is 2.34. The zero-order valence-electron chi connectivity index (χ0n) is 19.5. The summed E-state index contributed by atoms with van der Waals surface area (Å²) in [5, 5.41) is 3.36. The lowest BCUT2D eigenvalue weighted by molar-refractivity contribution is -0.139. The molecule has 0 aliphatic rings. The van der Waals surface area contributed by atoms with E-state index >= 15 is 0 Å². The number of carbonyl (C=O) groups excluding carboxylic acids is 2. The molecule has 0 unspecified atom stereocenters. The topological polar surface area (TPSA) is 86.8 Å². The van der Waals surface area contributed by atoms with E-state index in [-0.39, 0.29) is 18.5 Å². The van der Waals surface area contributed by atoms with Crippen molar-refractivity contribution < 1.29 is 18.0 Å². The van der Waals surface area contributed by atoms with Crippen LogP contribution in [-0.2, 0) is 26.0 Å². The van der Waals surface area contributed by atoms with Crippen LogP contribution in [0.3, 0.4) is 0 Å². The number of halogens is 1. The molecule has 1 N–H and O–H groups in total. The van der Waals surface area contributed by atoms with Gasteiger partial charge in [0.1, 0.15) is 12.6 Å². The zero-order valence-corrected chi connectivity index (χ0v) is 21.1. The van der Waals surface area contributed by atoms with Crippen LogP contribution in [0.15, 0.2) is 54.6 Å². The van der Waals surface area contributed by atoms with Crippen LogP contribution in [0.4, 0.5) is 5.69 Å². The molecule has 0 bridgehead atoms. The van der Waals surface area contributed by atoms with Gasteiger partial charge in [-0.3, -0.25) is 13.9 Å². The smallest absolute Gasteiger partial charge is 0.244 e. The maximum absolute atomic E-state index is 13.4. The molecule has 0 saturated heterocycles. The van der Waals surface area contributed by atoms with E-state index in [1.807, 2.05) is 44.2 Å². The van der Waals surface area contributed by atoms with Crippen molar-refractivity contribution in [2.45, 2.75) is 45.7 Å². The van der Waals surface area contributed by atoms with Crippen molar-refractivity contribution in [2.24, 2.45) is 0 Å². The standard InChI is InChI=1S/C24H32ClN3O4S/c1-5-18(2)26-24(30)19(3)27(16-15-20-9-7-6-8-10-20)23(29)17-28(33(4,31)32)22-13-11-21(25)12-14-22/h6-14,18-19H,5,15-17H2,1-4H3,(H,26,30)/t18-,19-/m0/s1. The number of anilines is 1. The Morgan fingerprint density at radius 1 is 1.03 bits per heavy atom. The molecule has 2 aromatic rings. The highest BCUT2D eigenvalue weighted by Gasteiger charge is 2.30. The molecule has 0 fully saturated rings. The SMILES string of the molecule is CC[C@H](C)NC(=O)[C@H](C)N(CCc1ccccc1)C(=O)CN(c1ccc(Cl)cc1)S(C)(=O)=O. The maximum atomic E-state index is 13.4. The first-order valence-electron chi connectivity index (χ1n) is 10.9. The van der Waals surface area contributed by atoms with Crippen LogP contribution in [0.5, 0.6) is 0 Å². The summed E-state index contributed by atoms with van der Waals surface area (Å²) in [6.45, 7) is 5.37. The van der Waals surface area contributed by atoms with Gasteiger partial charge in [-0.25, -0.2) is 8.42 Å². The van der Waals surface area contributed by atoms with Crippen LogP contribution in [0.2, 0.25) is 5.02 Å². The molecule has 33 heavy (non-hydrogen) atoms. The third-order valence-corrected chi connectivity index (χ3v) is 6.84. The second-order valence-electron chi connectivity index (χ2n) is 8.06. The van der Waals surface area contributed by atoms with E-state index in [9.17, 15) is 18.0 Å². The molecule has 0 aromatic heterocycles. The van der Waals surface area contributed by atoms with Gasteiger partial charge in [0.05, 0.1) is 11.9 Å². The average molecular weight is 494 g/mol. The molecule has 0 spiro atoms. The van der Waals surface area contributed by atoms with Gasteiger partial charge in [-0.05, 0) is 56.5 Å². The minimum Gasteiger partial charge on any atom is -0.352 e. The molecule has 2 atom stereocenters. The van der Waals surface area contributed by atoms with Crippen molar-refractivity contribution in [3.8, 4) is 0 Å². The van der Waals surface area contributed by atoms with Gasteiger partial charge in [0, 0.05) is 17.6 Å². The molecular weight excluding hydrogens is 462 g/mol. The number of sulfonamides is 1. The Balaban J connectivity index is 2.29. The summed E-state index contributed by atoms with van der Waals surface area (Å²) in [7, 11) is -3.75. The molecule has 0 radical (unpaired) electrons. The molecule has 2 rings (SSSR count). The number of carbonyl (C=O) groups is 2. The highest BCUT2D eigenvalue weighted by molar-refractivity contribution is 7.92. The molecule has 2 aromatic carbocycles. The normalized spacial score (nSPS) is 13.1. The Morgan fingerprint density at radius 2 is 1.64 bits per heavy atom. The van der Waals surface area contributed by atoms with Gasteiger partial charge in [-0.15, -0.1) is 0 Å². The molecule has 0 heterocycles. The lowest BCUT2D eigenvalue weighted by Crippen LogP contribution is -2.53. The fourth-order valence-electron chi connectivity index (χ4n) is 3.26. The van der Waals surface area contributed by atoms with Crippen molar-refractivity contribution in [3.05, 3.63) is 65.2 Å². The van der Waals surface area contributed by atoms with Gasteiger partial charge in [-0.1, -0.05) is 48.9 Å². The lowest BCUT2D eigenvalue weighted by Gasteiger charge is -2.32. The second kappa shape index (κ2) is 12.0. The van der Waals surface area contributed by atoms with Gasteiger partial charge in [-0.2, -0.15) is 0 Å². The summed E-state index contributed by atoms with van der Waals surface area (Å²) in [5.41, 5.74) is 1.34. The predicted molar refractivity (Wildman–Crippen MR) is 133 cm³/mol. The zero-order chi connectivity index (χ0) is 24.6. The minimum absolute atomic E-state index is 0.0346. The molecular formula is C24H32ClN3O4S. The summed E-state index contributed by atoms with van der Waals surface area (Å²) < 4.78 is 26.0. The lowest BCUT2D eigenvalue weighted by atomic mass is 10.1. The minimum atomic E-state index is -3.75. The number of hydrogen-bond acceptors (Lipinski definition) is 4. The third kappa shape index (κ3) is 8.05. The highest BCUT2D eigenvalue weighted by Crippen LogP contribution is 2.21. The van der Waals surface area contributed by atoms with Crippen molar-refractivity contribution in [1.82, 2.24) is 10.2 Å². The maximum Gasteiger partial charge on any atom is 0.244 e. The molecule has 180 valence electrons. The van der Waals surface area contributed by atoms with E-state index < -0.39 is 28.5 Å². The van der Waals surface area contributed by atoms with E-state index in [2.05, 4.69) is 5.32 Å². The quantitative estimate of drug-likeness (QED) is 0.519. The summed E-state index contributed by atoms with van der Waals surface area (Å²) in [4.78, 5) is 27.6. The van der Waals surface area contributed by atoms with E-state index in [1.54, 1.807) is 31.2 Å². The first-order chi connectivity index (χ1) is 15.5. The Bertz CT molecular complexity index is 1030. The first kappa shape index (κ1) is 26.7. The second-order valence-corrected chi connectivity index (χ2v) is 10.4. The van der Waals surface area contributed by atoms with Crippen molar-refractivity contribution >= 4 is 39.1 Å². The number of hydrogen-bond donors (Lipinski definition) is 1. The molecule has 0 aliphatic heterocycles. The Labute approximate surface area is 201 Å². The van der Waals surface area contributed by atoms with Crippen LogP contribution in [0, 0.1) is 0 Å². The van der Waals surface area contributed by atoms with Crippen LogP contribution in [0.25, 0.3) is 0 Å². The van der Waals surface area contributed by atoms with Gasteiger partial charge in [0.25, 0.3) is 0 Å². The van der Waals surface area contributed by atoms with Gasteiger partial charge in [0.15, 0.2) is 0 Å². The van der Waals surface area contributed by atoms with E-state index in [0.29, 0.717) is 17.1 Å². The summed E-state index contributed by atoms with van der Waals surface area (Å²) in [5.74, 6) is -0.735. The van der Waals surface area contributed by atoms with Gasteiger partial charge >= 0.3 is 0 Å². The molecule has 9 heteroatoms. The van der Waals surface area contributed by atoms with E-state index in [4.69, 9.17) is 11.6 Å². The monoisotopic (exact) mass is 493 g/mol. The Hall–Kier alpha value is -2.58. The predicted octanol–water partition coefficient (Wildman–Crippen LogP) is 3.48. The summed E-state index contributed by atoms with van der Waals surface area (Å²) >= 11 is 5.93. The molecule has 7 nitrogen and oxygen atoms in total. The fourth-order valence-corrected chi connectivity index (χ4v) is 4.23. The van der Waals surface area contributed by atoms with E-state index in [0.717, 1.165) is 22.5 Å². The number of nitrogens with one attached hydrogen (secondary N) is 1.